The van der Waals surface area contributed by atoms with E-state index in [1.54, 1.807) is 12.1 Å². The van der Waals surface area contributed by atoms with Gasteiger partial charge in [0, 0.05) is 15.4 Å². The molecule has 0 atom stereocenters. The van der Waals surface area contributed by atoms with Gasteiger partial charge < -0.3 is 9.72 Å². The summed E-state index contributed by atoms with van der Waals surface area (Å²) in [5, 5.41) is 12.1. The van der Waals surface area contributed by atoms with Crippen LogP contribution in [0.2, 0.25) is 0 Å². The quantitative estimate of drug-likeness (QED) is 0.212. The van der Waals surface area contributed by atoms with E-state index in [0.717, 1.165) is 42.2 Å². The van der Waals surface area contributed by atoms with Crippen LogP contribution in [0.25, 0.3) is 21.6 Å². The number of H-pyrrole nitrogens is 1. The first-order valence-corrected chi connectivity index (χ1v) is 12.1. The Bertz CT molecular complexity index is 1550. The lowest BCUT2D eigenvalue weighted by Crippen LogP contribution is -2.11. The minimum atomic E-state index is -4.75. The lowest BCUT2D eigenvalue weighted by Gasteiger charge is -2.13. The smallest absolute Gasteiger partial charge is 0.416 e. The molecule has 2 aromatic heterocycles. The maximum atomic E-state index is 13.1. The molecule has 0 aliphatic heterocycles. The molecule has 5 rings (SSSR count). The van der Waals surface area contributed by atoms with Gasteiger partial charge in [-0.05, 0) is 61.6 Å². The molecular weight excluding hydrogens is 551 g/mol. The average molecular weight is 566 g/mol. The normalized spacial score (nSPS) is 13.6. The highest BCUT2D eigenvalue weighted by Crippen LogP contribution is 2.41. The molecule has 0 fully saturated rings. The van der Waals surface area contributed by atoms with Crippen molar-refractivity contribution < 1.29 is 22.8 Å². The fraction of sp³-hybridized carbons (Fsp3) is 0.217. The van der Waals surface area contributed by atoms with Gasteiger partial charge in [0.1, 0.15) is 16.4 Å². The van der Waals surface area contributed by atoms with Crippen molar-refractivity contribution in [1.29, 1.82) is 0 Å². The van der Waals surface area contributed by atoms with Gasteiger partial charge in [-0.2, -0.15) is 13.2 Å². The van der Waals surface area contributed by atoms with E-state index in [-0.39, 0.29) is 22.9 Å². The Morgan fingerprint density at radius 3 is 2.60 bits per heavy atom. The topological polar surface area (TPSA) is 98.1 Å². The van der Waals surface area contributed by atoms with Crippen molar-refractivity contribution in [2.24, 2.45) is 0 Å². The molecule has 1 N–H and O–H groups in total. The summed E-state index contributed by atoms with van der Waals surface area (Å²) in [6, 6.07) is 6.75. The monoisotopic (exact) mass is 565 g/mol. The highest BCUT2D eigenvalue weighted by atomic mass is 79.9. The number of rotatable bonds is 4. The highest BCUT2D eigenvalue weighted by Gasteiger charge is 2.33. The lowest BCUT2D eigenvalue weighted by molar-refractivity contribution is -0.385. The molecule has 0 spiro atoms. The Kier molecular flexibility index (Phi) is 5.88. The minimum absolute atomic E-state index is 0.0832. The average Bonchev–Trinajstić information content (AvgIpc) is 3.18. The largest absolute Gasteiger partial charge is 0.449 e. The molecule has 0 bridgehead atoms. The second-order valence-corrected chi connectivity index (χ2v) is 9.98. The lowest BCUT2D eigenvalue weighted by atomic mass is 9.97. The van der Waals surface area contributed by atoms with E-state index in [9.17, 15) is 28.1 Å². The van der Waals surface area contributed by atoms with Crippen LogP contribution in [-0.2, 0) is 19.0 Å². The van der Waals surface area contributed by atoms with Crippen molar-refractivity contribution >= 4 is 43.2 Å². The summed E-state index contributed by atoms with van der Waals surface area (Å²) in [7, 11) is 0. The van der Waals surface area contributed by atoms with Gasteiger partial charge in [0.25, 0.3) is 5.56 Å². The second kappa shape index (κ2) is 8.76. The van der Waals surface area contributed by atoms with Gasteiger partial charge in [0.05, 0.1) is 21.4 Å². The summed E-state index contributed by atoms with van der Waals surface area (Å²) in [6.45, 7) is 0. The Labute approximate surface area is 207 Å². The number of benzene rings is 2. The Hall–Kier alpha value is -3.25. The van der Waals surface area contributed by atoms with Crippen LogP contribution in [0.1, 0.15) is 28.8 Å². The highest BCUT2D eigenvalue weighted by molar-refractivity contribution is 9.10. The summed E-state index contributed by atoms with van der Waals surface area (Å²) >= 11 is 4.82. The number of aromatic nitrogens is 2. The summed E-state index contributed by atoms with van der Waals surface area (Å²) in [4.78, 5) is 32.7. The third kappa shape index (κ3) is 4.43. The molecule has 1 aliphatic rings. The third-order valence-electron chi connectivity index (χ3n) is 5.72. The molecule has 0 saturated carbocycles. The zero-order valence-electron chi connectivity index (χ0n) is 17.7. The van der Waals surface area contributed by atoms with E-state index >= 15 is 0 Å². The molecule has 4 aromatic rings. The summed E-state index contributed by atoms with van der Waals surface area (Å²) in [5.41, 5.74) is -0.945. The van der Waals surface area contributed by atoms with Crippen LogP contribution in [0.5, 0.6) is 11.5 Å². The van der Waals surface area contributed by atoms with E-state index in [4.69, 9.17) is 4.74 Å². The minimum Gasteiger partial charge on any atom is -0.449 e. The number of nitrogens with zero attached hydrogens (tertiary/aromatic N) is 2. The van der Waals surface area contributed by atoms with Crippen LogP contribution < -0.4 is 10.3 Å². The molecule has 2 aromatic carbocycles. The number of nitro groups is 1. The van der Waals surface area contributed by atoms with E-state index in [2.05, 4.69) is 25.9 Å². The molecule has 2 heterocycles. The number of alkyl halides is 3. The SMILES string of the molecule is O=c1[nH]c(-c2cc(Br)ccc2Oc2ccc(C(F)(F)F)cc2[N+](=O)[O-])nc2sc3c(c12)CCCC3. The standard InChI is InChI=1S/C23H15BrF3N3O4S/c24-12-6-8-16(34-17-7-5-11(23(25,26)27)9-15(17)30(32)33)14(10-12)20-28-21(31)19-13-3-1-2-4-18(13)35-22(19)29-20/h5-10H,1-4H2,(H,28,29,31). The van der Waals surface area contributed by atoms with Gasteiger partial charge in [-0.25, -0.2) is 4.98 Å². The maximum absolute atomic E-state index is 13.1. The first-order chi connectivity index (χ1) is 16.6. The van der Waals surface area contributed by atoms with Crippen LogP contribution in [0.4, 0.5) is 18.9 Å². The number of hydrogen-bond donors (Lipinski definition) is 1. The van der Waals surface area contributed by atoms with Crippen LogP contribution >= 0.6 is 27.3 Å². The zero-order chi connectivity index (χ0) is 24.9. The summed E-state index contributed by atoms with van der Waals surface area (Å²) < 4.78 is 45.5. The van der Waals surface area contributed by atoms with Gasteiger partial charge in [-0.3, -0.25) is 14.9 Å². The summed E-state index contributed by atoms with van der Waals surface area (Å²) in [6.07, 6.45) is -0.962. The molecule has 0 saturated heterocycles. The van der Waals surface area contributed by atoms with Crippen molar-refractivity contribution in [3.8, 4) is 22.9 Å². The van der Waals surface area contributed by atoms with E-state index < -0.39 is 22.4 Å². The molecule has 35 heavy (non-hydrogen) atoms. The first-order valence-electron chi connectivity index (χ1n) is 10.5. The predicted octanol–water partition coefficient (Wildman–Crippen LogP) is 7.01. The van der Waals surface area contributed by atoms with Crippen molar-refractivity contribution in [2.75, 3.05) is 0 Å². The predicted molar refractivity (Wildman–Crippen MR) is 128 cm³/mol. The van der Waals surface area contributed by atoms with Gasteiger partial charge in [-0.15, -0.1) is 11.3 Å². The number of aromatic amines is 1. The van der Waals surface area contributed by atoms with Crippen LogP contribution in [-0.4, -0.2) is 14.9 Å². The number of ether oxygens (including phenoxy) is 1. The van der Waals surface area contributed by atoms with Gasteiger partial charge >= 0.3 is 11.9 Å². The first kappa shape index (κ1) is 23.5. The molecule has 0 radical (unpaired) electrons. The number of fused-ring (bicyclic) bond motifs is 3. The van der Waals surface area contributed by atoms with Crippen molar-refractivity contribution in [3.63, 3.8) is 0 Å². The number of nitro benzene ring substituents is 1. The van der Waals surface area contributed by atoms with Crippen LogP contribution in [0.15, 0.2) is 45.7 Å². The van der Waals surface area contributed by atoms with Crippen molar-refractivity contribution in [3.05, 3.63) is 77.3 Å². The number of halogens is 4. The number of nitrogens with one attached hydrogen (secondary N) is 1. The Balaban J connectivity index is 1.62. The number of aryl methyl sites for hydroxylation is 2. The Morgan fingerprint density at radius 2 is 1.86 bits per heavy atom. The summed E-state index contributed by atoms with van der Waals surface area (Å²) in [5.74, 6) is -0.103. The van der Waals surface area contributed by atoms with Crippen LogP contribution in [0.3, 0.4) is 0 Å². The van der Waals surface area contributed by atoms with E-state index in [1.807, 2.05) is 0 Å². The fourth-order valence-corrected chi connectivity index (χ4v) is 5.73. The van der Waals surface area contributed by atoms with Crippen molar-refractivity contribution in [1.82, 2.24) is 9.97 Å². The molecular formula is C23H15BrF3N3O4S. The van der Waals surface area contributed by atoms with E-state index in [0.29, 0.717) is 32.4 Å². The molecule has 180 valence electrons. The molecule has 12 heteroatoms. The van der Waals surface area contributed by atoms with Gasteiger partial charge in [0.15, 0.2) is 0 Å². The zero-order valence-corrected chi connectivity index (χ0v) is 20.1. The van der Waals surface area contributed by atoms with E-state index in [1.165, 1.54) is 17.4 Å². The maximum Gasteiger partial charge on any atom is 0.416 e. The van der Waals surface area contributed by atoms with Crippen molar-refractivity contribution in [2.45, 2.75) is 31.9 Å². The molecule has 1 aliphatic carbocycles. The molecule has 0 amide bonds. The molecule has 0 unspecified atom stereocenters. The second-order valence-electron chi connectivity index (χ2n) is 7.99. The van der Waals surface area contributed by atoms with Crippen LogP contribution in [0, 0.1) is 10.1 Å². The molecule has 7 nitrogen and oxygen atoms in total. The number of hydrogen-bond acceptors (Lipinski definition) is 6. The number of thiophene rings is 1. The van der Waals surface area contributed by atoms with Gasteiger partial charge in [0.2, 0.25) is 5.75 Å². The Morgan fingerprint density at radius 1 is 1.11 bits per heavy atom. The van der Waals surface area contributed by atoms with Gasteiger partial charge in [-0.1, -0.05) is 15.9 Å². The fourth-order valence-electron chi connectivity index (χ4n) is 4.11. The third-order valence-corrected chi connectivity index (χ3v) is 7.40.